The minimum atomic E-state index is -0.943. The molecule has 0 aliphatic carbocycles. The van der Waals surface area contributed by atoms with E-state index in [4.69, 9.17) is 19.9 Å². The standard InChI is InChI=1S/C19H17N3O5/c20-18(23)27-17-13-14(21-22(17)15-7-3-1-4-8-15)11-12-25-19(24)26-16-9-5-2-6-10-16/h1-10,13H,11-12H2,(H2,20,23). The largest absolute Gasteiger partial charge is 0.513 e. The van der Waals surface area contributed by atoms with Crippen LogP contribution in [-0.4, -0.2) is 28.6 Å². The highest BCUT2D eigenvalue weighted by Crippen LogP contribution is 2.20. The van der Waals surface area contributed by atoms with Gasteiger partial charge in [0, 0.05) is 12.5 Å². The summed E-state index contributed by atoms with van der Waals surface area (Å²) in [4.78, 5) is 22.8. The molecule has 8 nitrogen and oxygen atoms in total. The van der Waals surface area contributed by atoms with Crippen molar-refractivity contribution < 1.29 is 23.8 Å². The van der Waals surface area contributed by atoms with Gasteiger partial charge >= 0.3 is 12.2 Å². The number of para-hydroxylation sites is 2. The van der Waals surface area contributed by atoms with E-state index in [0.29, 0.717) is 23.6 Å². The molecule has 8 heteroatoms. The molecule has 0 bridgehead atoms. The monoisotopic (exact) mass is 367 g/mol. The molecule has 0 fully saturated rings. The van der Waals surface area contributed by atoms with Crippen molar-refractivity contribution in [1.82, 2.24) is 9.78 Å². The van der Waals surface area contributed by atoms with Crippen molar-refractivity contribution in [3.8, 4) is 17.3 Å². The molecule has 0 saturated heterocycles. The van der Waals surface area contributed by atoms with Crippen LogP contribution in [0.1, 0.15) is 5.69 Å². The van der Waals surface area contributed by atoms with Crippen LogP contribution in [0, 0.1) is 0 Å². The summed E-state index contributed by atoms with van der Waals surface area (Å²) in [5.41, 5.74) is 6.36. The van der Waals surface area contributed by atoms with E-state index in [9.17, 15) is 9.59 Å². The van der Waals surface area contributed by atoms with Crippen LogP contribution in [0.2, 0.25) is 0 Å². The molecule has 1 aromatic heterocycles. The minimum absolute atomic E-state index is 0.0491. The highest BCUT2D eigenvalue weighted by atomic mass is 16.7. The number of hydrogen-bond donors (Lipinski definition) is 1. The molecule has 3 rings (SSSR count). The summed E-state index contributed by atoms with van der Waals surface area (Å²) in [6, 6.07) is 19.3. The molecule has 2 N–H and O–H groups in total. The molecule has 27 heavy (non-hydrogen) atoms. The molecule has 138 valence electrons. The van der Waals surface area contributed by atoms with Crippen molar-refractivity contribution in [2.75, 3.05) is 6.61 Å². The van der Waals surface area contributed by atoms with Gasteiger partial charge in [-0.15, -0.1) is 0 Å². The van der Waals surface area contributed by atoms with E-state index in [1.165, 1.54) is 4.68 Å². The molecule has 0 radical (unpaired) electrons. The lowest BCUT2D eigenvalue weighted by Gasteiger charge is -2.05. The average molecular weight is 367 g/mol. The zero-order valence-corrected chi connectivity index (χ0v) is 14.3. The van der Waals surface area contributed by atoms with Crippen molar-refractivity contribution in [2.24, 2.45) is 5.73 Å². The Bertz CT molecular complexity index is 910. The Morgan fingerprint density at radius 2 is 1.63 bits per heavy atom. The third-order valence-electron chi connectivity index (χ3n) is 3.46. The van der Waals surface area contributed by atoms with Crippen LogP contribution in [0.25, 0.3) is 5.69 Å². The van der Waals surface area contributed by atoms with Crippen LogP contribution in [0.3, 0.4) is 0 Å². The van der Waals surface area contributed by atoms with E-state index >= 15 is 0 Å². The fraction of sp³-hybridized carbons (Fsp3) is 0.105. The fourth-order valence-corrected chi connectivity index (χ4v) is 2.32. The quantitative estimate of drug-likeness (QED) is 0.530. The first-order valence-corrected chi connectivity index (χ1v) is 8.13. The summed E-state index contributed by atoms with van der Waals surface area (Å²) in [7, 11) is 0. The Balaban J connectivity index is 1.62. The molecule has 0 atom stereocenters. The highest BCUT2D eigenvalue weighted by molar-refractivity contribution is 5.67. The third-order valence-corrected chi connectivity index (χ3v) is 3.46. The summed E-state index contributed by atoms with van der Waals surface area (Å²) >= 11 is 0. The molecular formula is C19H17N3O5. The number of primary amides is 1. The maximum atomic E-state index is 11.7. The van der Waals surface area contributed by atoms with Gasteiger partial charge in [-0.1, -0.05) is 36.4 Å². The predicted octanol–water partition coefficient (Wildman–Crippen LogP) is 3.09. The van der Waals surface area contributed by atoms with Crippen molar-refractivity contribution in [2.45, 2.75) is 6.42 Å². The van der Waals surface area contributed by atoms with Crippen molar-refractivity contribution in [3.63, 3.8) is 0 Å². The summed E-state index contributed by atoms with van der Waals surface area (Å²) in [5.74, 6) is 0.573. The minimum Gasteiger partial charge on any atom is -0.434 e. The second kappa shape index (κ2) is 8.52. The molecule has 1 amide bonds. The lowest BCUT2D eigenvalue weighted by molar-refractivity contribution is 0.0999. The van der Waals surface area contributed by atoms with Gasteiger partial charge < -0.3 is 19.9 Å². The van der Waals surface area contributed by atoms with Crippen LogP contribution >= 0.6 is 0 Å². The van der Waals surface area contributed by atoms with Gasteiger partial charge in [0.2, 0.25) is 5.88 Å². The van der Waals surface area contributed by atoms with E-state index in [1.54, 1.807) is 42.5 Å². The zero-order chi connectivity index (χ0) is 19.1. The van der Waals surface area contributed by atoms with E-state index in [-0.39, 0.29) is 12.5 Å². The van der Waals surface area contributed by atoms with Crippen LogP contribution < -0.4 is 15.2 Å². The van der Waals surface area contributed by atoms with Crippen LogP contribution in [0.4, 0.5) is 9.59 Å². The topological polar surface area (TPSA) is 106 Å². The molecular weight excluding hydrogens is 350 g/mol. The number of nitrogens with two attached hydrogens (primary N) is 1. The van der Waals surface area contributed by atoms with Gasteiger partial charge in [-0.25, -0.2) is 14.3 Å². The molecule has 2 aromatic carbocycles. The maximum Gasteiger partial charge on any atom is 0.513 e. The molecule has 1 heterocycles. The Labute approximate surface area is 155 Å². The van der Waals surface area contributed by atoms with Gasteiger partial charge in [-0.05, 0) is 24.3 Å². The smallest absolute Gasteiger partial charge is 0.434 e. The van der Waals surface area contributed by atoms with Gasteiger partial charge in [0.25, 0.3) is 0 Å². The fourth-order valence-electron chi connectivity index (χ4n) is 2.32. The predicted molar refractivity (Wildman–Crippen MR) is 95.9 cm³/mol. The summed E-state index contributed by atoms with van der Waals surface area (Å²) in [5, 5.41) is 4.37. The molecule has 0 unspecified atom stereocenters. The van der Waals surface area contributed by atoms with Crippen molar-refractivity contribution >= 4 is 12.2 Å². The summed E-state index contributed by atoms with van der Waals surface area (Å²) in [6.07, 6.45) is -1.45. The lowest BCUT2D eigenvalue weighted by atomic mass is 10.3. The van der Waals surface area contributed by atoms with Crippen molar-refractivity contribution in [1.29, 1.82) is 0 Å². The normalized spacial score (nSPS) is 10.2. The van der Waals surface area contributed by atoms with E-state index < -0.39 is 12.2 Å². The van der Waals surface area contributed by atoms with Crippen LogP contribution in [-0.2, 0) is 11.2 Å². The second-order valence-electron chi connectivity index (χ2n) is 5.41. The number of benzene rings is 2. The van der Waals surface area contributed by atoms with E-state index in [0.717, 1.165) is 0 Å². The zero-order valence-electron chi connectivity index (χ0n) is 14.3. The number of aromatic nitrogens is 2. The number of carbonyl (C=O) groups is 2. The summed E-state index contributed by atoms with van der Waals surface area (Å²) < 4.78 is 16.5. The molecule has 0 saturated carbocycles. The molecule has 3 aromatic rings. The Kier molecular flexibility index (Phi) is 5.68. The lowest BCUT2D eigenvalue weighted by Crippen LogP contribution is -2.18. The first kappa shape index (κ1) is 18.0. The average Bonchev–Trinajstić information content (AvgIpc) is 3.05. The van der Waals surface area contributed by atoms with Gasteiger partial charge in [0.15, 0.2) is 0 Å². The number of carbonyl (C=O) groups excluding carboxylic acids is 2. The SMILES string of the molecule is NC(=O)Oc1cc(CCOC(=O)Oc2ccccc2)nn1-c1ccccc1. The van der Waals surface area contributed by atoms with Gasteiger partial charge in [-0.3, -0.25) is 0 Å². The Morgan fingerprint density at radius 1 is 0.963 bits per heavy atom. The Hall–Kier alpha value is -3.81. The van der Waals surface area contributed by atoms with Gasteiger partial charge in [0.05, 0.1) is 11.4 Å². The summed E-state index contributed by atoms with van der Waals surface area (Å²) in [6.45, 7) is 0.0491. The van der Waals surface area contributed by atoms with E-state index in [1.807, 2.05) is 24.3 Å². The highest BCUT2D eigenvalue weighted by Gasteiger charge is 2.14. The Morgan fingerprint density at radius 3 is 2.30 bits per heavy atom. The van der Waals surface area contributed by atoms with Crippen molar-refractivity contribution in [3.05, 3.63) is 72.4 Å². The third kappa shape index (κ3) is 5.08. The number of amides is 1. The van der Waals surface area contributed by atoms with Crippen LogP contribution in [0.15, 0.2) is 66.7 Å². The molecule has 0 aliphatic heterocycles. The van der Waals surface area contributed by atoms with Gasteiger partial charge in [0.1, 0.15) is 12.4 Å². The maximum absolute atomic E-state index is 11.7. The number of hydrogen-bond acceptors (Lipinski definition) is 6. The van der Waals surface area contributed by atoms with E-state index in [2.05, 4.69) is 5.10 Å². The first-order chi connectivity index (χ1) is 13.1. The van der Waals surface area contributed by atoms with Crippen LogP contribution in [0.5, 0.6) is 11.6 Å². The second-order valence-corrected chi connectivity index (χ2v) is 5.41. The number of ether oxygens (including phenoxy) is 3. The van der Waals surface area contributed by atoms with Gasteiger partial charge in [-0.2, -0.15) is 5.10 Å². The molecule has 0 spiro atoms. The number of rotatable bonds is 6. The molecule has 0 aliphatic rings. The first-order valence-electron chi connectivity index (χ1n) is 8.13. The number of nitrogens with zero attached hydrogens (tertiary/aromatic N) is 2.